The van der Waals surface area contributed by atoms with E-state index in [0.717, 1.165) is 45.4 Å². The van der Waals surface area contributed by atoms with Gasteiger partial charge >= 0.3 is 17.9 Å². The summed E-state index contributed by atoms with van der Waals surface area (Å²) in [5.41, 5.74) is 0. The number of hydrogen-bond acceptors (Lipinski definition) is 6. The summed E-state index contributed by atoms with van der Waals surface area (Å²) < 4.78 is 10.4. The summed E-state index contributed by atoms with van der Waals surface area (Å²) in [7, 11) is 0. The second-order valence-corrected chi connectivity index (χ2v) is 14.2. The lowest BCUT2D eigenvalue weighted by Gasteiger charge is -2.22. The van der Waals surface area contributed by atoms with Gasteiger partial charge in [0.15, 0.2) is 5.78 Å². The summed E-state index contributed by atoms with van der Waals surface area (Å²) in [5.74, 6) is -3.44. The molecule has 0 radical (unpaired) electrons. The van der Waals surface area contributed by atoms with Crippen molar-refractivity contribution < 1.29 is 33.8 Å². The number of rotatable bonds is 37. The van der Waals surface area contributed by atoms with Crippen molar-refractivity contribution in [2.75, 3.05) is 0 Å². The largest absolute Gasteiger partial charge is 0.478 e. The number of carbonyl (C=O) groups is 4. The highest BCUT2D eigenvalue weighted by Gasteiger charge is 2.38. The summed E-state index contributed by atoms with van der Waals surface area (Å²) in [6.45, 7) is 5.66. The minimum Gasteiger partial charge on any atom is -0.478 e. The number of aliphatic carboxylic acids is 1. The molecule has 0 saturated heterocycles. The molecular formula is C41H76O7. The number of esters is 2. The smallest absolute Gasteiger partial charge is 0.349 e. The van der Waals surface area contributed by atoms with Gasteiger partial charge in [0.05, 0.1) is 0 Å². The van der Waals surface area contributed by atoms with Crippen LogP contribution in [0.3, 0.4) is 0 Å². The third kappa shape index (κ3) is 30.2. The van der Waals surface area contributed by atoms with Gasteiger partial charge in [0.25, 0.3) is 0 Å². The molecule has 0 aromatic rings. The number of carboxylic acids is 1. The summed E-state index contributed by atoms with van der Waals surface area (Å²) in [6, 6.07) is 0. The molecule has 2 atom stereocenters. The number of carboxylic acid groups (broad SMARTS) is 1. The van der Waals surface area contributed by atoms with Crippen molar-refractivity contribution in [2.24, 2.45) is 0 Å². The van der Waals surface area contributed by atoms with Gasteiger partial charge in [-0.25, -0.2) is 4.79 Å². The summed E-state index contributed by atoms with van der Waals surface area (Å²) >= 11 is 0. The van der Waals surface area contributed by atoms with Crippen molar-refractivity contribution in [2.45, 2.75) is 238 Å². The molecule has 1 N–H and O–H groups in total. The molecule has 0 heterocycles. The lowest BCUT2D eigenvalue weighted by atomic mass is 10.0. The summed E-state index contributed by atoms with van der Waals surface area (Å²) in [6.07, 6.45) is 33.2. The van der Waals surface area contributed by atoms with Gasteiger partial charge in [0.2, 0.25) is 12.2 Å². The Bertz CT molecular complexity index is 717. The zero-order chi connectivity index (χ0) is 35.5. The minimum atomic E-state index is -1.82. The monoisotopic (exact) mass is 681 g/mol. The fraction of sp³-hybridized carbons (Fsp3) is 0.902. The van der Waals surface area contributed by atoms with E-state index >= 15 is 0 Å². The molecule has 7 heteroatoms. The molecule has 2 unspecified atom stereocenters. The Kier molecular flexibility index (Phi) is 33.5. The molecular weight excluding hydrogens is 604 g/mol. The Hall–Kier alpha value is -1.92. The fourth-order valence-electron chi connectivity index (χ4n) is 6.28. The van der Waals surface area contributed by atoms with E-state index in [2.05, 4.69) is 13.8 Å². The van der Waals surface area contributed by atoms with Gasteiger partial charge in [0.1, 0.15) is 0 Å². The molecule has 0 aromatic heterocycles. The van der Waals surface area contributed by atoms with E-state index in [1.807, 2.05) is 0 Å². The first kappa shape index (κ1) is 46.1. The van der Waals surface area contributed by atoms with E-state index in [-0.39, 0.29) is 12.8 Å². The number of hydrogen-bond donors (Lipinski definition) is 1. The third-order valence-electron chi connectivity index (χ3n) is 9.40. The van der Waals surface area contributed by atoms with E-state index in [4.69, 9.17) is 9.47 Å². The number of carbonyl (C=O) groups excluding carboxylic acids is 3. The van der Waals surface area contributed by atoms with Gasteiger partial charge < -0.3 is 14.6 Å². The van der Waals surface area contributed by atoms with Crippen LogP contribution < -0.4 is 0 Å². The average Bonchev–Trinajstić information content (AvgIpc) is 3.06. The second-order valence-electron chi connectivity index (χ2n) is 14.2. The third-order valence-corrected chi connectivity index (χ3v) is 9.40. The van der Waals surface area contributed by atoms with Crippen molar-refractivity contribution in [1.82, 2.24) is 0 Å². The van der Waals surface area contributed by atoms with Crippen LogP contribution in [0.5, 0.6) is 0 Å². The van der Waals surface area contributed by atoms with Crippen molar-refractivity contribution >= 4 is 23.7 Å². The maximum Gasteiger partial charge on any atom is 0.349 e. The van der Waals surface area contributed by atoms with Crippen LogP contribution in [0.2, 0.25) is 0 Å². The molecule has 0 rings (SSSR count). The molecule has 0 aromatic carbocycles. The molecule has 282 valence electrons. The van der Waals surface area contributed by atoms with Crippen LogP contribution in [0.1, 0.15) is 226 Å². The fourth-order valence-corrected chi connectivity index (χ4v) is 6.28. The molecule has 0 spiro atoms. The van der Waals surface area contributed by atoms with E-state index in [9.17, 15) is 24.3 Å². The quantitative estimate of drug-likeness (QED) is 0.0514. The number of Topliss-reactive ketones (excluding diaryl/α,β-unsaturated/α-hetero) is 1. The maximum atomic E-state index is 12.4. The highest BCUT2D eigenvalue weighted by molar-refractivity contribution is 5.91. The van der Waals surface area contributed by atoms with E-state index in [1.54, 1.807) is 0 Å². The van der Waals surface area contributed by atoms with Gasteiger partial charge in [-0.1, -0.05) is 194 Å². The predicted octanol–water partition coefficient (Wildman–Crippen LogP) is 12.0. The molecule has 0 amide bonds. The van der Waals surface area contributed by atoms with Crippen LogP contribution in [0.15, 0.2) is 0 Å². The summed E-state index contributed by atoms with van der Waals surface area (Å²) in [4.78, 5) is 48.9. The molecule has 0 aliphatic heterocycles. The Balaban J connectivity index is 3.99. The molecule has 7 nitrogen and oxygen atoms in total. The lowest BCUT2D eigenvalue weighted by Crippen LogP contribution is -2.45. The number of unbranched alkanes of at least 4 members (excludes halogenated alkanes) is 28. The van der Waals surface area contributed by atoms with Crippen molar-refractivity contribution in [3.63, 3.8) is 0 Å². The normalized spacial score (nSPS) is 12.5. The lowest BCUT2D eigenvalue weighted by molar-refractivity contribution is -0.181. The van der Waals surface area contributed by atoms with Crippen LogP contribution in [-0.2, 0) is 28.7 Å². The molecule has 0 fully saturated rings. The number of ketones is 1. The highest BCUT2D eigenvalue weighted by atomic mass is 16.6. The van der Waals surface area contributed by atoms with Crippen LogP contribution in [0, 0.1) is 0 Å². The second kappa shape index (κ2) is 34.9. The molecule has 0 bridgehead atoms. The van der Waals surface area contributed by atoms with Crippen LogP contribution in [0.25, 0.3) is 0 Å². The average molecular weight is 681 g/mol. The van der Waals surface area contributed by atoms with Crippen LogP contribution in [-0.4, -0.2) is 41.0 Å². The van der Waals surface area contributed by atoms with Gasteiger partial charge in [-0.2, -0.15) is 0 Å². The minimum absolute atomic E-state index is 0.0831. The van der Waals surface area contributed by atoms with Crippen molar-refractivity contribution in [3.8, 4) is 0 Å². The molecule has 0 saturated carbocycles. The SMILES string of the molecule is CCCCCCCCCCCCCCCCCC(=O)OC(C(C)=O)C(OC(=O)CCCCCCCCCCCCCCCCC)C(=O)O. The topological polar surface area (TPSA) is 107 Å². The predicted molar refractivity (Wildman–Crippen MR) is 197 cm³/mol. The Morgan fingerprint density at radius 1 is 0.396 bits per heavy atom. The van der Waals surface area contributed by atoms with Gasteiger partial charge in [0, 0.05) is 12.8 Å². The van der Waals surface area contributed by atoms with E-state index in [0.29, 0.717) is 12.8 Å². The van der Waals surface area contributed by atoms with Gasteiger partial charge in [-0.05, 0) is 19.8 Å². The highest BCUT2D eigenvalue weighted by Crippen LogP contribution is 2.17. The Morgan fingerprint density at radius 2 is 0.625 bits per heavy atom. The van der Waals surface area contributed by atoms with E-state index < -0.39 is 35.9 Å². The molecule has 0 aliphatic carbocycles. The maximum absolute atomic E-state index is 12.4. The zero-order valence-electron chi connectivity index (χ0n) is 31.7. The van der Waals surface area contributed by atoms with Crippen LogP contribution >= 0.6 is 0 Å². The van der Waals surface area contributed by atoms with Gasteiger partial charge in [-0.15, -0.1) is 0 Å². The Morgan fingerprint density at radius 3 is 0.854 bits per heavy atom. The molecule has 0 aliphatic rings. The van der Waals surface area contributed by atoms with Crippen molar-refractivity contribution in [1.29, 1.82) is 0 Å². The molecule has 48 heavy (non-hydrogen) atoms. The zero-order valence-corrected chi connectivity index (χ0v) is 31.7. The first-order valence-corrected chi connectivity index (χ1v) is 20.5. The number of ether oxygens (including phenoxy) is 2. The van der Waals surface area contributed by atoms with E-state index in [1.165, 1.54) is 141 Å². The first-order valence-electron chi connectivity index (χ1n) is 20.5. The van der Waals surface area contributed by atoms with Crippen molar-refractivity contribution in [3.05, 3.63) is 0 Å². The Labute approximate surface area is 295 Å². The van der Waals surface area contributed by atoms with Gasteiger partial charge in [-0.3, -0.25) is 14.4 Å². The first-order chi connectivity index (χ1) is 23.3. The summed E-state index contributed by atoms with van der Waals surface area (Å²) in [5, 5.41) is 9.65. The standard InChI is InChI=1S/C41H76O7/c1-4-6-8-10-12-14-16-18-20-22-24-26-28-30-32-34-37(43)47-39(36(3)42)40(41(45)46)48-38(44)35-33-31-29-27-25-23-21-19-17-15-13-11-9-7-5-2/h39-40H,4-35H2,1-3H3,(H,45,46). The van der Waals surface area contributed by atoms with Crippen LogP contribution in [0.4, 0.5) is 0 Å².